The second kappa shape index (κ2) is 5.84. The highest BCUT2D eigenvalue weighted by molar-refractivity contribution is 5.98. The SMILES string of the molecule is [SiH3]OCC1CO1.[SiH3]OCC1CO1. The number of hydrogen-bond donors (Lipinski definition) is 0. The van der Waals surface area contributed by atoms with Gasteiger partial charge in [0.1, 0.15) is 33.2 Å². The van der Waals surface area contributed by atoms with Gasteiger partial charge in [-0.1, -0.05) is 0 Å². The summed E-state index contributed by atoms with van der Waals surface area (Å²) in [6, 6.07) is 0. The van der Waals surface area contributed by atoms with Crippen LogP contribution in [0.5, 0.6) is 0 Å². The highest BCUT2D eigenvalue weighted by Crippen LogP contribution is 2.07. The van der Waals surface area contributed by atoms with Crippen LogP contribution in [0.25, 0.3) is 0 Å². The number of hydrogen-bond acceptors (Lipinski definition) is 4. The van der Waals surface area contributed by atoms with Crippen LogP contribution in [0.1, 0.15) is 0 Å². The summed E-state index contributed by atoms with van der Waals surface area (Å²) in [5.74, 6) is 0. The molecule has 2 atom stereocenters. The molecule has 0 aromatic carbocycles. The lowest BCUT2D eigenvalue weighted by molar-refractivity contribution is 0.281. The number of ether oxygens (including phenoxy) is 2. The van der Waals surface area contributed by atoms with Crippen molar-refractivity contribution >= 4 is 21.0 Å². The second-order valence-corrected chi connectivity index (χ2v) is 3.98. The standard InChI is InChI=1S/2C3H8O2Si/c2*6-5-2-3-1-4-3/h2*3H,1-2H2,6H3. The van der Waals surface area contributed by atoms with E-state index in [4.69, 9.17) is 18.3 Å². The van der Waals surface area contributed by atoms with Crippen LogP contribution in [-0.4, -0.2) is 59.6 Å². The molecule has 0 bridgehead atoms. The molecule has 2 rings (SSSR count). The summed E-state index contributed by atoms with van der Waals surface area (Å²) in [7, 11) is 1.69. The molecular formula is C6H16O4Si2. The minimum absolute atomic E-state index is 0.461. The summed E-state index contributed by atoms with van der Waals surface area (Å²) < 4.78 is 19.5. The fourth-order valence-electron chi connectivity index (χ4n) is 0.700. The maximum Gasteiger partial charge on any atom is 0.146 e. The molecule has 0 N–H and O–H groups in total. The lowest BCUT2D eigenvalue weighted by Crippen LogP contribution is -1.96. The zero-order valence-corrected chi connectivity index (χ0v) is 11.6. The van der Waals surface area contributed by atoms with Gasteiger partial charge in [-0.05, 0) is 0 Å². The van der Waals surface area contributed by atoms with E-state index in [1.54, 1.807) is 0 Å². The molecule has 0 spiro atoms. The van der Waals surface area contributed by atoms with E-state index < -0.39 is 0 Å². The first-order valence-electron chi connectivity index (χ1n) is 4.08. The molecule has 12 heavy (non-hydrogen) atoms. The van der Waals surface area contributed by atoms with E-state index in [-0.39, 0.29) is 0 Å². The molecule has 72 valence electrons. The van der Waals surface area contributed by atoms with Crippen molar-refractivity contribution in [3.05, 3.63) is 0 Å². The van der Waals surface area contributed by atoms with E-state index in [2.05, 4.69) is 0 Å². The first kappa shape index (κ1) is 10.4. The normalized spacial score (nSPS) is 31.0. The van der Waals surface area contributed by atoms with E-state index in [0.29, 0.717) is 12.2 Å². The van der Waals surface area contributed by atoms with E-state index >= 15 is 0 Å². The monoisotopic (exact) mass is 208 g/mol. The van der Waals surface area contributed by atoms with E-state index in [1.165, 1.54) is 0 Å². The van der Waals surface area contributed by atoms with Crippen molar-refractivity contribution in [2.75, 3.05) is 26.4 Å². The molecule has 0 saturated carbocycles. The van der Waals surface area contributed by atoms with Crippen molar-refractivity contribution in [1.29, 1.82) is 0 Å². The molecular weight excluding hydrogens is 192 g/mol. The van der Waals surface area contributed by atoms with Gasteiger partial charge in [0.25, 0.3) is 0 Å². The lowest BCUT2D eigenvalue weighted by Gasteiger charge is -1.85. The van der Waals surface area contributed by atoms with Gasteiger partial charge >= 0.3 is 0 Å². The molecule has 0 aliphatic carbocycles. The van der Waals surface area contributed by atoms with Gasteiger partial charge in [0, 0.05) is 0 Å². The Morgan fingerprint density at radius 2 is 1.33 bits per heavy atom. The first-order valence-corrected chi connectivity index (χ1v) is 5.71. The maximum atomic E-state index is 4.88. The number of rotatable bonds is 4. The summed E-state index contributed by atoms with van der Waals surface area (Å²) in [5.41, 5.74) is 0. The Labute approximate surface area is 78.6 Å². The fourth-order valence-corrected chi connectivity index (χ4v) is 1.44. The summed E-state index contributed by atoms with van der Waals surface area (Å²) in [6.07, 6.45) is 0.921. The minimum Gasteiger partial charge on any atom is -0.425 e. The van der Waals surface area contributed by atoms with Crippen molar-refractivity contribution in [2.24, 2.45) is 0 Å². The Balaban J connectivity index is 0.000000120. The third-order valence-corrected chi connectivity index (χ3v) is 2.18. The van der Waals surface area contributed by atoms with Gasteiger partial charge in [-0.25, -0.2) is 0 Å². The van der Waals surface area contributed by atoms with Crippen molar-refractivity contribution in [3.8, 4) is 0 Å². The van der Waals surface area contributed by atoms with Gasteiger partial charge < -0.3 is 18.3 Å². The first-order chi connectivity index (χ1) is 5.86. The van der Waals surface area contributed by atoms with Crippen LogP contribution in [0.2, 0.25) is 0 Å². The van der Waals surface area contributed by atoms with Gasteiger partial charge in [0.2, 0.25) is 0 Å². The molecule has 0 amide bonds. The van der Waals surface area contributed by atoms with Gasteiger partial charge in [0.15, 0.2) is 0 Å². The van der Waals surface area contributed by atoms with Crippen molar-refractivity contribution in [2.45, 2.75) is 12.2 Å². The van der Waals surface area contributed by atoms with Gasteiger partial charge in [-0.2, -0.15) is 0 Å². The molecule has 2 saturated heterocycles. The van der Waals surface area contributed by atoms with Crippen molar-refractivity contribution in [1.82, 2.24) is 0 Å². The van der Waals surface area contributed by atoms with Crippen LogP contribution in [0.3, 0.4) is 0 Å². The molecule has 2 unspecified atom stereocenters. The van der Waals surface area contributed by atoms with Crippen LogP contribution < -0.4 is 0 Å². The summed E-state index contributed by atoms with van der Waals surface area (Å²) in [4.78, 5) is 0. The molecule has 2 aliphatic rings. The second-order valence-electron chi connectivity index (χ2n) is 2.82. The van der Waals surface area contributed by atoms with Crippen LogP contribution in [0.4, 0.5) is 0 Å². The Morgan fingerprint density at radius 1 is 1.00 bits per heavy atom. The Bertz CT molecular complexity index is 102. The van der Waals surface area contributed by atoms with E-state index in [0.717, 1.165) is 47.4 Å². The fraction of sp³-hybridized carbons (Fsp3) is 1.00. The average Bonchev–Trinajstić information content (AvgIpc) is 2.81. The molecule has 2 aliphatic heterocycles. The predicted molar refractivity (Wildman–Crippen MR) is 51.3 cm³/mol. The van der Waals surface area contributed by atoms with Crippen LogP contribution >= 0.6 is 0 Å². The van der Waals surface area contributed by atoms with Gasteiger partial charge in [0.05, 0.1) is 26.4 Å². The lowest BCUT2D eigenvalue weighted by atomic mass is 10.5. The Kier molecular flexibility index (Phi) is 5.04. The summed E-state index contributed by atoms with van der Waals surface area (Å²) in [6.45, 7) is 3.49. The zero-order valence-electron chi connectivity index (χ0n) is 7.62. The van der Waals surface area contributed by atoms with E-state index in [9.17, 15) is 0 Å². The quantitative estimate of drug-likeness (QED) is 0.374. The highest BCUT2D eigenvalue weighted by Gasteiger charge is 2.21. The van der Waals surface area contributed by atoms with Crippen molar-refractivity contribution in [3.63, 3.8) is 0 Å². The molecule has 0 radical (unpaired) electrons. The third-order valence-electron chi connectivity index (χ3n) is 1.51. The van der Waals surface area contributed by atoms with Crippen LogP contribution in [-0.2, 0) is 18.3 Å². The highest BCUT2D eigenvalue weighted by atomic mass is 28.2. The third kappa shape index (κ3) is 5.87. The summed E-state index contributed by atoms with van der Waals surface area (Å²) in [5, 5.41) is 0. The molecule has 2 fully saturated rings. The Morgan fingerprint density at radius 3 is 1.42 bits per heavy atom. The van der Waals surface area contributed by atoms with Crippen LogP contribution in [0, 0.1) is 0 Å². The van der Waals surface area contributed by atoms with Gasteiger partial charge in [-0.3, -0.25) is 0 Å². The molecule has 0 aromatic heterocycles. The Hall–Kier alpha value is 0.274. The van der Waals surface area contributed by atoms with Crippen molar-refractivity contribution < 1.29 is 18.3 Å². The molecule has 2 heterocycles. The molecule has 4 nitrogen and oxygen atoms in total. The maximum absolute atomic E-state index is 4.88. The van der Waals surface area contributed by atoms with Crippen LogP contribution in [0.15, 0.2) is 0 Å². The summed E-state index contributed by atoms with van der Waals surface area (Å²) >= 11 is 0. The smallest absolute Gasteiger partial charge is 0.146 e. The van der Waals surface area contributed by atoms with E-state index in [1.807, 2.05) is 0 Å². The topological polar surface area (TPSA) is 43.5 Å². The zero-order chi connectivity index (χ0) is 8.81. The average molecular weight is 208 g/mol. The van der Waals surface area contributed by atoms with Gasteiger partial charge in [-0.15, -0.1) is 0 Å². The molecule has 6 heteroatoms. The largest absolute Gasteiger partial charge is 0.425 e. The minimum atomic E-state index is 0.461. The molecule has 0 aromatic rings. The predicted octanol–water partition coefficient (Wildman–Crippen LogP) is -2.64. The number of epoxide rings is 2.